The predicted octanol–water partition coefficient (Wildman–Crippen LogP) is 1.68. The maximum absolute atomic E-state index is 5.01. The Hall–Kier alpha value is -1.72. The van der Waals surface area contributed by atoms with Crippen LogP contribution in [-0.2, 0) is 17.8 Å². The maximum atomic E-state index is 5.01. The maximum Gasteiger partial charge on any atom is 0.141 e. The van der Waals surface area contributed by atoms with Gasteiger partial charge in [-0.05, 0) is 30.5 Å². The zero-order valence-electron chi connectivity index (χ0n) is 12.4. The summed E-state index contributed by atoms with van der Waals surface area (Å²) >= 11 is 0. The molecule has 0 saturated heterocycles. The number of benzene rings is 1. The van der Waals surface area contributed by atoms with Gasteiger partial charge >= 0.3 is 0 Å². The van der Waals surface area contributed by atoms with E-state index in [0.29, 0.717) is 13.2 Å². The van der Waals surface area contributed by atoms with E-state index in [1.54, 1.807) is 13.4 Å². The van der Waals surface area contributed by atoms with Crippen LogP contribution in [0.2, 0.25) is 0 Å². The molecule has 20 heavy (non-hydrogen) atoms. The lowest BCUT2D eigenvalue weighted by atomic mass is 10.0. The second-order valence-electron chi connectivity index (χ2n) is 4.87. The van der Waals surface area contributed by atoms with E-state index in [-0.39, 0.29) is 0 Å². The molecule has 1 aromatic carbocycles. The Labute approximate surface area is 120 Å². The van der Waals surface area contributed by atoms with Gasteiger partial charge in [0.1, 0.15) is 12.2 Å². The zero-order valence-corrected chi connectivity index (χ0v) is 12.4. The quantitative estimate of drug-likeness (QED) is 0.781. The Bertz CT molecular complexity index is 530. The van der Waals surface area contributed by atoms with Gasteiger partial charge in [-0.1, -0.05) is 18.2 Å². The van der Waals surface area contributed by atoms with Crippen molar-refractivity contribution in [1.29, 1.82) is 0 Å². The third-order valence-corrected chi connectivity index (χ3v) is 3.41. The van der Waals surface area contributed by atoms with Gasteiger partial charge in [-0.3, -0.25) is 0 Å². The van der Waals surface area contributed by atoms with E-state index in [1.807, 2.05) is 4.68 Å². The molecule has 5 heteroatoms. The molecule has 1 N–H and O–H groups in total. The van der Waals surface area contributed by atoms with E-state index in [0.717, 1.165) is 18.9 Å². The second kappa shape index (κ2) is 7.17. The molecule has 5 nitrogen and oxygen atoms in total. The number of aromatic nitrogens is 3. The average Bonchev–Trinajstić information content (AvgIpc) is 2.87. The van der Waals surface area contributed by atoms with E-state index in [4.69, 9.17) is 4.74 Å². The number of hydrogen-bond acceptors (Lipinski definition) is 4. The lowest BCUT2D eigenvalue weighted by molar-refractivity contribution is 0.198. The summed E-state index contributed by atoms with van der Waals surface area (Å²) in [7, 11) is 1.70. The standard InChI is InChI=1S/C15H22N4O/c1-12-5-4-6-13(2)14(12)10-19-15(17-11-18-19)9-16-7-8-20-3/h4-6,11,16H,7-10H2,1-3H3. The van der Waals surface area contributed by atoms with Crippen molar-refractivity contribution in [3.05, 3.63) is 47.0 Å². The molecule has 0 bridgehead atoms. The number of methoxy groups -OCH3 is 1. The Kier molecular flexibility index (Phi) is 5.26. The summed E-state index contributed by atoms with van der Waals surface area (Å²) in [4.78, 5) is 4.32. The van der Waals surface area contributed by atoms with Crippen LogP contribution in [-0.4, -0.2) is 35.0 Å². The largest absolute Gasteiger partial charge is 0.383 e. The molecule has 0 radical (unpaired) electrons. The fraction of sp³-hybridized carbons (Fsp3) is 0.467. The van der Waals surface area contributed by atoms with Gasteiger partial charge in [-0.15, -0.1) is 0 Å². The number of hydrogen-bond donors (Lipinski definition) is 1. The smallest absolute Gasteiger partial charge is 0.141 e. The third kappa shape index (κ3) is 3.65. The first-order chi connectivity index (χ1) is 9.72. The fourth-order valence-corrected chi connectivity index (χ4v) is 2.18. The Balaban J connectivity index is 2.05. The van der Waals surface area contributed by atoms with Gasteiger partial charge in [0.15, 0.2) is 0 Å². The first-order valence-corrected chi connectivity index (χ1v) is 6.83. The number of nitrogens with one attached hydrogen (secondary N) is 1. The highest BCUT2D eigenvalue weighted by Crippen LogP contribution is 2.14. The van der Waals surface area contributed by atoms with Crippen molar-refractivity contribution < 1.29 is 4.74 Å². The second-order valence-corrected chi connectivity index (χ2v) is 4.87. The average molecular weight is 274 g/mol. The van der Waals surface area contributed by atoms with Crippen molar-refractivity contribution in [2.24, 2.45) is 0 Å². The van der Waals surface area contributed by atoms with E-state index >= 15 is 0 Å². The minimum atomic E-state index is 0.699. The molecular weight excluding hydrogens is 252 g/mol. The minimum Gasteiger partial charge on any atom is -0.383 e. The van der Waals surface area contributed by atoms with Crippen LogP contribution in [0, 0.1) is 13.8 Å². The van der Waals surface area contributed by atoms with Gasteiger partial charge in [0.05, 0.1) is 19.7 Å². The molecule has 0 atom stereocenters. The lowest BCUT2D eigenvalue weighted by Crippen LogP contribution is -2.22. The summed E-state index contributed by atoms with van der Waals surface area (Å²) in [6.45, 7) is 7.25. The molecule has 0 spiro atoms. The molecule has 0 fully saturated rings. The predicted molar refractivity (Wildman–Crippen MR) is 78.6 cm³/mol. The molecule has 0 aliphatic rings. The summed E-state index contributed by atoms with van der Waals surface area (Å²) in [6.07, 6.45) is 1.61. The number of aryl methyl sites for hydroxylation is 2. The number of ether oxygens (including phenoxy) is 1. The van der Waals surface area contributed by atoms with Crippen molar-refractivity contribution in [3.8, 4) is 0 Å². The summed E-state index contributed by atoms with van der Waals surface area (Å²) in [5.74, 6) is 0.948. The molecule has 1 aromatic heterocycles. The van der Waals surface area contributed by atoms with Crippen LogP contribution in [0.3, 0.4) is 0 Å². The molecule has 0 aliphatic heterocycles. The molecule has 1 heterocycles. The van der Waals surface area contributed by atoms with E-state index in [1.165, 1.54) is 16.7 Å². The topological polar surface area (TPSA) is 52.0 Å². The van der Waals surface area contributed by atoms with Gasteiger partial charge in [-0.25, -0.2) is 9.67 Å². The van der Waals surface area contributed by atoms with Crippen LogP contribution in [0.25, 0.3) is 0 Å². The van der Waals surface area contributed by atoms with Crippen LogP contribution < -0.4 is 5.32 Å². The first kappa shape index (κ1) is 14.7. The molecule has 2 aromatic rings. The normalized spacial score (nSPS) is 10.9. The van der Waals surface area contributed by atoms with E-state index < -0.39 is 0 Å². The van der Waals surface area contributed by atoms with Crippen molar-refractivity contribution >= 4 is 0 Å². The minimum absolute atomic E-state index is 0.699. The van der Waals surface area contributed by atoms with Crippen LogP contribution in [0.15, 0.2) is 24.5 Å². The monoisotopic (exact) mass is 274 g/mol. The highest BCUT2D eigenvalue weighted by molar-refractivity contribution is 5.33. The third-order valence-electron chi connectivity index (χ3n) is 3.41. The molecule has 2 rings (SSSR count). The van der Waals surface area contributed by atoms with E-state index in [9.17, 15) is 0 Å². The van der Waals surface area contributed by atoms with Crippen molar-refractivity contribution in [1.82, 2.24) is 20.1 Å². The van der Waals surface area contributed by atoms with E-state index in [2.05, 4.69) is 47.4 Å². The highest BCUT2D eigenvalue weighted by Gasteiger charge is 2.08. The van der Waals surface area contributed by atoms with Gasteiger partial charge in [0.25, 0.3) is 0 Å². The van der Waals surface area contributed by atoms with Gasteiger partial charge < -0.3 is 10.1 Å². The SMILES string of the molecule is COCCNCc1ncnn1Cc1c(C)cccc1C. The summed E-state index contributed by atoms with van der Waals surface area (Å²) in [5.41, 5.74) is 3.90. The Morgan fingerprint density at radius 2 is 2.00 bits per heavy atom. The summed E-state index contributed by atoms with van der Waals surface area (Å²) in [6, 6.07) is 6.36. The Morgan fingerprint density at radius 1 is 1.25 bits per heavy atom. The molecule has 0 unspecified atom stereocenters. The van der Waals surface area contributed by atoms with Crippen LogP contribution in [0.4, 0.5) is 0 Å². The first-order valence-electron chi connectivity index (χ1n) is 6.83. The highest BCUT2D eigenvalue weighted by atomic mass is 16.5. The van der Waals surface area contributed by atoms with Crippen molar-refractivity contribution in [2.45, 2.75) is 26.9 Å². The lowest BCUT2D eigenvalue weighted by Gasteiger charge is -2.12. The van der Waals surface area contributed by atoms with Crippen LogP contribution in [0.5, 0.6) is 0 Å². The van der Waals surface area contributed by atoms with Crippen LogP contribution in [0.1, 0.15) is 22.5 Å². The molecule has 0 amide bonds. The summed E-state index contributed by atoms with van der Waals surface area (Å²) < 4.78 is 6.97. The fourth-order valence-electron chi connectivity index (χ4n) is 2.18. The van der Waals surface area contributed by atoms with Crippen molar-refractivity contribution in [3.63, 3.8) is 0 Å². The number of rotatable bonds is 7. The Morgan fingerprint density at radius 3 is 2.70 bits per heavy atom. The van der Waals surface area contributed by atoms with Gasteiger partial charge in [0, 0.05) is 13.7 Å². The molecule has 0 saturated carbocycles. The zero-order chi connectivity index (χ0) is 14.4. The molecule has 0 aliphatic carbocycles. The van der Waals surface area contributed by atoms with Crippen LogP contribution >= 0.6 is 0 Å². The van der Waals surface area contributed by atoms with Gasteiger partial charge in [0.2, 0.25) is 0 Å². The summed E-state index contributed by atoms with van der Waals surface area (Å²) in [5, 5.41) is 7.62. The van der Waals surface area contributed by atoms with Gasteiger partial charge in [-0.2, -0.15) is 5.10 Å². The van der Waals surface area contributed by atoms with Crippen molar-refractivity contribution in [2.75, 3.05) is 20.3 Å². The molecular formula is C15H22N4O. The molecule has 108 valence electrons. The number of nitrogens with zero attached hydrogens (tertiary/aromatic N) is 3.